The van der Waals surface area contributed by atoms with E-state index in [9.17, 15) is 21.9 Å². The van der Waals surface area contributed by atoms with Crippen molar-refractivity contribution in [2.45, 2.75) is 4.90 Å². The van der Waals surface area contributed by atoms with E-state index in [1.54, 1.807) is 42.5 Å². The third-order valence-electron chi connectivity index (χ3n) is 5.52. The first-order valence-electron chi connectivity index (χ1n) is 10.8. The van der Waals surface area contributed by atoms with E-state index in [0.717, 1.165) is 17.7 Å². The Morgan fingerprint density at radius 1 is 0.892 bits per heavy atom. The first kappa shape index (κ1) is 23.8. The first-order valence-corrected chi connectivity index (χ1v) is 12.1. The highest BCUT2D eigenvalue weighted by Crippen LogP contribution is 2.23. The number of imidazole rings is 1. The first-order chi connectivity index (χ1) is 17.7. The molecule has 0 unspecified atom stereocenters. The molecule has 4 N–H and O–H groups in total. The Balaban J connectivity index is 1.32. The summed E-state index contributed by atoms with van der Waals surface area (Å²) in [6.07, 6.45) is 1.33. The Morgan fingerprint density at radius 3 is 2.27 bits per heavy atom. The highest BCUT2D eigenvalue weighted by atomic mass is 32.3. The lowest BCUT2D eigenvalue weighted by Gasteiger charge is -2.08. The second-order valence-corrected chi connectivity index (χ2v) is 9.29. The van der Waals surface area contributed by atoms with E-state index in [0.29, 0.717) is 33.8 Å². The summed E-state index contributed by atoms with van der Waals surface area (Å²) in [6, 6.07) is 17.6. The van der Waals surface area contributed by atoms with Crippen LogP contribution in [-0.4, -0.2) is 40.0 Å². The van der Waals surface area contributed by atoms with Crippen LogP contribution in [0, 0.1) is 0 Å². The molecule has 0 aliphatic carbocycles. The largest absolute Gasteiger partial charge is 0.382 e. The lowest BCUT2D eigenvalue weighted by molar-refractivity contribution is 0.102. The molecular weight excluding hydrogens is 499 g/mol. The van der Waals surface area contributed by atoms with Gasteiger partial charge in [0.15, 0.2) is 17.2 Å². The monoisotopic (exact) mass is 516 g/mol. The number of hydrogen-bond acceptors (Lipinski definition) is 8. The number of anilines is 2. The summed E-state index contributed by atoms with van der Waals surface area (Å²) in [7, 11) is -4.86. The number of aromatic amines is 1. The van der Waals surface area contributed by atoms with Gasteiger partial charge in [-0.1, -0.05) is 36.4 Å². The molecule has 0 radical (unpaired) electrons. The van der Waals surface area contributed by atoms with Gasteiger partial charge >= 0.3 is 10.2 Å². The van der Waals surface area contributed by atoms with E-state index in [1.807, 2.05) is 0 Å². The smallest absolute Gasteiger partial charge is 0.332 e. The summed E-state index contributed by atoms with van der Waals surface area (Å²) in [5.41, 5.74) is 8.78. The van der Waals surface area contributed by atoms with Crippen LogP contribution in [0.1, 0.15) is 26.3 Å². The quantitative estimate of drug-likeness (QED) is 0.227. The van der Waals surface area contributed by atoms with Crippen molar-refractivity contribution in [1.82, 2.24) is 19.9 Å². The molecular formula is C25H17FN6O4S. The van der Waals surface area contributed by atoms with Crippen molar-refractivity contribution in [3.05, 3.63) is 95.8 Å². The number of amides is 1. The van der Waals surface area contributed by atoms with Crippen LogP contribution in [0.4, 0.5) is 15.4 Å². The second kappa shape index (κ2) is 9.24. The Labute approximate surface area is 209 Å². The van der Waals surface area contributed by atoms with Crippen LogP contribution >= 0.6 is 0 Å². The van der Waals surface area contributed by atoms with Crippen LogP contribution in [0.3, 0.4) is 0 Å². The van der Waals surface area contributed by atoms with Gasteiger partial charge in [-0.25, -0.2) is 15.0 Å². The molecule has 0 bridgehead atoms. The zero-order valence-corrected chi connectivity index (χ0v) is 19.7. The zero-order valence-electron chi connectivity index (χ0n) is 18.8. The minimum absolute atomic E-state index is 0.123. The topological polar surface area (TPSA) is 161 Å². The predicted octanol–water partition coefficient (Wildman–Crippen LogP) is 3.74. The predicted molar refractivity (Wildman–Crippen MR) is 134 cm³/mol. The maximum atomic E-state index is 13.1. The number of halogens is 1. The Kier molecular flexibility index (Phi) is 5.93. The molecule has 0 fully saturated rings. The van der Waals surface area contributed by atoms with Gasteiger partial charge in [0.1, 0.15) is 17.7 Å². The number of benzene rings is 3. The molecule has 1 amide bonds. The number of nitrogens with one attached hydrogen (secondary N) is 2. The van der Waals surface area contributed by atoms with Crippen LogP contribution in [0.2, 0.25) is 0 Å². The fourth-order valence-electron chi connectivity index (χ4n) is 3.64. The third-order valence-corrected chi connectivity index (χ3v) is 6.35. The third kappa shape index (κ3) is 4.90. The molecule has 0 atom stereocenters. The lowest BCUT2D eigenvalue weighted by Crippen LogP contribution is -2.12. The van der Waals surface area contributed by atoms with Crippen molar-refractivity contribution < 1.29 is 21.9 Å². The molecule has 2 heterocycles. The molecule has 2 aromatic heterocycles. The molecule has 12 heteroatoms. The maximum absolute atomic E-state index is 13.1. The number of nitrogens with two attached hydrogens (primary N) is 1. The van der Waals surface area contributed by atoms with Crippen LogP contribution in [-0.2, 0) is 10.2 Å². The van der Waals surface area contributed by atoms with Gasteiger partial charge in [0.2, 0.25) is 0 Å². The van der Waals surface area contributed by atoms with Crippen molar-refractivity contribution in [3.8, 4) is 11.4 Å². The summed E-state index contributed by atoms with van der Waals surface area (Å²) in [5, 5.41) is 2.64. The van der Waals surface area contributed by atoms with Crippen molar-refractivity contribution in [1.29, 1.82) is 0 Å². The second-order valence-electron chi connectivity index (χ2n) is 7.95. The van der Waals surface area contributed by atoms with Gasteiger partial charge in [0, 0.05) is 27.9 Å². The maximum Gasteiger partial charge on any atom is 0.332 e. The fraction of sp³-hybridized carbons (Fsp3) is 0. The standard InChI is InChI=1S/C25H17FN6O4S/c26-37(35,36)19-10-8-16(9-11-19)25(34)30-18-3-1-2-17(12-18)21(33)14-4-6-15(7-5-14)23-31-20-22(27)28-13-29-24(20)32-23/h1-13H,(H,30,34)(H3,27,28,29,31,32). The molecule has 3 aromatic carbocycles. The van der Waals surface area contributed by atoms with Gasteiger partial charge in [0.05, 0.1) is 4.90 Å². The van der Waals surface area contributed by atoms with Gasteiger partial charge < -0.3 is 16.0 Å². The molecule has 0 saturated heterocycles. The number of nitrogen functional groups attached to an aromatic ring is 1. The van der Waals surface area contributed by atoms with Crippen LogP contribution < -0.4 is 11.1 Å². The van der Waals surface area contributed by atoms with E-state index in [4.69, 9.17) is 5.73 Å². The van der Waals surface area contributed by atoms with Gasteiger partial charge in [-0.2, -0.15) is 8.42 Å². The molecule has 5 aromatic rings. The van der Waals surface area contributed by atoms with E-state index >= 15 is 0 Å². The Bertz CT molecular complexity index is 1770. The lowest BCUT2D eigenvalue weighted by atomic mass is 10.0. The van der Waals surface area contributed by atoms with Crippen molar-refractivity contribution in [2.75, 3.05) is 11.1 Å². The van der Waals surface area contributed by atoms with Crippen molar-refractivity contribution in [3.63, 3.8) is 0 Å². The van der Waals surface area contributed by atoms with E-state index < -0.39 is 21.0 Å². The van der Waals surface area contributed by atoms with Gasteiger partial charge in [-0.15, -0.1) is 3.89 Å². The van der Waals surface area contributed by atoms with Gasteiger partial charge in [-0.3, -0.25) is 9.59 Å². The zero-order chi connectivity index (χ0) is 26.2. The number of ketones is 1. The summed E-state index contributed by atoms with van der Waals surface area (Å²) >= 11 is 0. The van der Waals surface area contributed by atoms with Crippen LogP contribution in [0.25, 0.3) is 22.6 Å². The number of carbonyl (C=O) groups excluding carboxylic acids is 2. The number of fused-ring (bicyclic) bond motifs is 1. The normalized spacial score (nSPS) is 11.4. The summed E-state index contributed by atoms with van der Waals surface area (Å²) in [5.74, 6) is 0.00286. The number of rotatable bonds is 6. The summed E-state index contributed by atoms with van der Waals surface area (Å²) < 4.78 is 35.0. The number of hydrogen-bond donors (Lipinski definition) is 3. The van der Waals surface area contributed by atoms with E-state index in [2.05, 4.69) is 25.3 Å². The number of nitrogens with zero attached hydrogens (tertiary/aromatic N) is 3. The number of carbonyl (C=O) groups is 2. The van der Waals surface area contributed by atoms with Gasteiger partial charge in [-0.05, 0) is 36.4 Å². The number of aromatic nitrogens is 4. The molecule has 0 aliphatic rings. The Morgan fingerprint density at radius 2 is 1.59 bits per heavy atom. The Hall–Kier alpha value is -4.97. The molecule has 0 saturated carbocycles. The van der Waals surface area contributed by atoms with Crippen molar-refractivity contribution in [2.24, 2.45) is 0 Å². The highest BCUT2D eigenvalue weighted by Gasteiger charge is 2.15. The SMILES string of the molecule is Nc1ncnc2nc(-c3ccc(C(=O)c4cccc(NC(=O)c5ccc(S(=O)(=O)F)cc5)c4)cc3)[nH]c12. The van der Waals surface area contributed by atoms with Crippen LogP contribution in [0.5, 0.6) is 0 Å². The molecule has 10 nitrogen and oxygen atoms in total. The molecule has 0 spiro atoms. The summed E-state index contributed by atoms with van der Waals surface area (Å²) in [6.45, 7) is 0. The molecule has 37 heavy (non-hydrogen) atoms. The average molecular weight is 517 g/mol. The molecule has 5 rings (SSSR count). The van der Waals surface area contributed by atoms with E-state index in [-0.39, 0.29) is 17.2 Å². The molecule has 184 valence electrons. The van der Waals surface area contributed by atoms with Gasteiger partial charge in [0.25, 0.3) is 5.91 Å². The molecule has 0 aliphatic heterocycles. The minimum atomic E-state index is -4.86. The van der Waals surface area contributed by atoms with Crippen LogP contribution in [0.15, 0.2) is 84.0 Å². The van der Waals surface area contributed by atoms with Crippen molar-refractivity contribution >= 4 is 44.6 Å². The summed E-state index contributed by atoms with van der Waals surface area (Å²) in [4.78, 5) is 40.5. The van der Waals surface area contributed by atoms with E-state index in [1.165, 1.54) is 24.5 Å². The minimum Gasteiger partial charge on any atom is -0.382 e. The highest BCUT2D eigenvalue weighted by molar-refractivity contribution is 7.86. The fourth-order valence-corrected chi connectivity index (χ4v) is 4.10. The average Bonchev–Trinajstić information content (AvgIpc) is 3.34. The number of H-pyrrole nitrogens is 1.